The van der Waals surface area contributed by atoms with Gasteiger partial charge >= 0.3 is 0 Å². The maximum Gasteiger partial charge on any atom is 0.264 e. The molecule has 0 saturated carbocycles. The number of likely N-dealkylation sites (N-methyl/N-ethyl adjacent to an activating group) is 1. The van der Waals surface area contributed by atoms with Crippen molar-refractivity contribution in [3.63, 3.8) is 0 Å². The minimum atomic E-state index is -3.66. The van der Waals surface area contributed by atoms with Crippen LogP contribution in [0.5, 0.6) is 0 Å². The maximum atomic E-state index is 12.0. The number of carbonyl (C=O) groups excluding carboxylic acids is 1. The number of sulfonamides is 1. The van der Waals surface area contributed by atoms with E-state index < -0.39 is 10.0 Å². The lowest BCUT2D eigenvalue weighted by Crippen LogP contribution is -2.25. The molecule has 98 valence electrons. The van der Waals surface area contributed by atoms with E-state index in [4.69, 9.17) is 4.84 Å². The summed E-state index contributed by atoms with van der Waals surface area (Å²) in [6.45, 7) is 0. The fourth-order valence-corrected chi connectivity index (χ4v) is 2.88. The average molecular weight is 270 g/mol. The van der Waals surface area contributed by atoms with E-state index in [1.165, 1.54) is 31.2 Å². The number of anilines is 1. The lowest BCUT2D eigenvalue weighted by atomic mass is 10.2. The first-order chi connectivity index (χ1) is 8.37. The van der Waals surface area contributed by atoms with Crippen LogP contribution in [0.25, 0.3) is 0 Å². The fourth-order valence-electron chi connectivity index (χ4n) is 1.85. The third-order valence-corrected chi connectivity index (χ3v) is 4.70. The highest BCUT2D eigenvalue weighted by molar-refractivity contribution is 7.89. The number of hydroxylamine groups is 1. The number of carbonyl (C=O) groups is 1. The van der Waals surface area contributed by atoms with Gasteiger partial charge in [0.25, 0.3) is 10.0 Å². The SMILES string of the molecule is CON(C)S(=O)(=O)c1ccc2c(c1)CC(=O)N2C. The van der Waals surface area contributed by atoms with Crippen molar-refractivity contribution >= 4 is 21.6 Å². The van der Waals surface area contributed by atoms with Gasteiger partial charge in [0, 0.05) is 19.8 Å². The molecule has 0 N–H and O–H groups in total. The van der Waals surface area contributed by atoms with Crippen LogP contribution in [-0.4, -0.2) is 40.0 Å². The largest absolute Gasteiger partial charge is 0.315 e. The zero-order valence-electron chi connectivity index (χ0n) is 10.4. The highest BCUT2D eigenvalue weighted by Crippen LogP contribution is 2.30. The van der Waals surface area contributed by atoms with Gasteiger partial charge in [-0.15, -0.1) is 0 Å². The Kier molecular flexibility index (Phi) is 3.14. The van der Waals surface area contributed by atoms with Crippen molar-refractivity contribution in [3.05, 3.63) is 23.8 Å². The third kappa shape index (κ3) is 1.90. The van der Waals surface area contributed by atoms with E-state index in [9.17, 15) is 13.2 Å². The molecule has 1 amide bonds. The number of hydrogen-bond donors (Lipinski definition) is 0. The first-order valence-corrected chi connectivity index (χ1v) is 6.74. The van der Waals surface area contributed by atoms with Gasteiger partial charge < -0.3 is 4.90 Å². The molecule has 0 atom stereocenters. The van der Waals surface area contributed by atoms with Crippen molar-refractivity contribution in [1.29, 1.82) is 0 Å². The van der Waals surface area contributed by atoms with E-state index in [1.54, 1.807) is 13.1 Å². The number of rotatable bonds is 3. The summed E-state index contributed by atoms with van der Waals surface area (Å²) >= 11 is 0. The van der Waals surface area contributed by atoms with E-state index in [-0.39, 0.29) is 17.2 Å². The summed E-state index contributed by atoms with van der Waals surface area (Å²) < 4.78 is 24.8. The Morgan fingerprint density at radius 1 is 1.39 bits per heavy atom. The van der Waals surface area contributed by atoms with Gasteiger partial charge in [-0.25, -0.2) is 8.42 Å². The molecule has 18 heavy (non-hydrogen) atoms. The molecule has 0 radical (unpaired) electrons. The van der Waals surface area contributed by atoms with E-state index in [0.717, 1.165) is 10.2 Å². The van der Waals surface area contributed by atoms with E-state index in [1.807, 2.05) is 0 Å². The van der Waals surface area contributed by atoms with Crippen LogP contribution in [0.4, 0.5) is 5.69 Å². The zero-order valence-corrected chi connectivity index (χ0v) is 11.2. The standard InChI is InChI=1S/C11H14N2O4S/c1-12-10-5-4-9(6-8(10)7-11(12)14)18(15,16)13(2)17-3/h4-6H,7H2,1-3H3. The van der Waals surface area contributed by atoms with Crippen LogP contribution in [0.2, 0.25) is 0 Å². The summed E-state index contributed by atoms with van der Waals surface area (Å²) in [5.74, 6) is -0.0420. The third-order valence-electron chi connectivity index (χ3n) is 3.02. The van der Waals surface area contributed by atoms with Gasteiger partial charge in [0.05, 0.1) is 18.4 Å². The predicted molar refractivity (Wildman–Crippen MR) is 65.5 cm³/mol. The van der Waals surface area contributed by atoms with Crippen molar-refractivity contribution in [2.45, 2.75) is 11.3 Å². The first kappa shape index (κ1) is 13.0. The molecule has 0 fully saturated rings. The molecule has 0 saturated heterocycles. The molecule has 7 heteroatoms. The molecule has 0 unspecified atom stereocenters. The maximum absolute atomic E-state index is 12.0. The van der Waals surface area contributed by atoms with Crippen LogP contribution in [0.1, 0.15) is 5.56 Å². The van der Waals surface area contributed by atoms with Gasteiger partial charge in [0.2, 0.25) is 5.91 Å². The summed E-state index contributed by atoms with van der Waals surface area (Å²) in [7, 11) is 0.605. The molecular formula is C11H14N2O4S. The quantitative estimate of drug-likeness (QED) is 0.745. The smallest absolute Gasteiger partial charge is 0.264 e. The Labute approximate surface area is 106 Å². The van der Waals surface area contributed by atoms with Crippen molar-refractivity contribution in [2.75, 3.05) is 26.1 Å². The Hall–Kier alpha value is -1.44. The van der Waals surface area contributed by atoms with Crippen LogP contribution < -0.4 is 4.90 Å². The summed E-state index contributed by atoms with van der Waals surface area (Å²) in [5.41, 5.74) is 1.46. The number of fused-ring (bicyclic) bond motifs is 1. The normalized spacial score (nSPS) is 15.3. The highest BCUT2D eigenvalue weighted by Gasteiger charge is 2.27. The minimum Gasteiger partial charge on any atom is -0.315 e. The minimum absolute atomic E-state index is 0.0420. The molecular weight excluding hydrogens is 256 g/mol. The Morgan fingerprint density at radius 2 is 2.06 bits per heavy atom. The van der Waals surface area contributed by atoms with Crippen LogP contribution in [0.15, 0.2) is 23.1 Å². The molecule has 1 aliphatic rings. The van der Waals surface area contributed by atoms with Gasteiger partial charge in [-0.3, -0.25) is 9.63 Å². The molecule has 2 rings (SSSR count). The van der Waals surface area contributed by atoms with Crippen LogP contribution in [0.3, 0.4) is 0 Å². The highest BCUT2D eigenvalue weighted by atomic mass is 32.2. The molecule has 1 aromatic rings. The summed E-state index contributed by atoms with van der Waals surface area (Å²) in [5, 5.41) is 0. The fraction of sp³-hybridized carbons (Fsp3) is 0.364. The summed E-state index contributed by atoms with van der Waals surface area (Å²) in [6.07, 6.45) is 0.228. The monoisotopic (exact) mass is 270 g/mol. The number of benzene rings is 1. The molecule has 1 heterocycles. The molecule has 1 aliphatic heterocycles. The molecule has 1 aromatic carbocycles. The van der Waals surface area contributed by atoms with Crippen molar-refractivity contribution in [3.8, 4) is 0 Å². The Morgan fingerprint density at radius 3 is 2.67 bits per heavy atom. The van der Waals surface area contributed by atoms with Crippen molar-refractivity contribution < 1.29 is 18.0 Å². The van der Waals surface area contributed by atoms with E-state index >= 15 is 0 Å². The molecule has 6 nitrogen and oxygen atoms in total. The van der Waals surface area contributed by atoms with Gasteiger partial charge in [0.1, 0.15) is 0 Å². The van der Waals surface area contributed by atoms with Gasteiger partial charge in [-0.1, -0.05) is 4.47 Å². The molecule has 0 aliphatic carbocycles. The lowest BCUT2D eigenvalue weighted by molar-refractivity contribution is -0.117. The second-order valence-electron chi connectivity index (χ2n) is 4.02. The van der Waals surface area contributed by atoms with Crippen LogP contribution >= 0.6 is 0 Å². The first-order valence-electron chi connectivity index (χ1n) is 5.30. The Balaban J connectivity index is 2.46. The lowest BCUT2D eigenvalue weighted by Gasteiger charge is -2.15. The topological polar surface area (TPSA) is 66.9 Å². The summed E-state index contributed by atoms with van der Waals surface area (Å²) in [6, 6.07) is 4.62. The number of hydrogen-bond acceptors (Lipinski definition) is 4. The van der Waals surface area contributed by atoms with Gasteiger partial charge in [-0.05, 0) is 23.8 Å². The van der Waals surface area contributed by atoms with Crippen molar-refractivity contribution in [1.82, 2.24) is 4.47 Å². The van der Waals surface area contributed by atoms with E-state index in [2.05, 4.69) is 0 Å². The molecule has 0 aromatic heterocycles. The molecule has 0 spiro atoms. The average Bonchev–Trinajstić information content (AvgIpc) is 2.63. The second kappa shape index (κ2) is 4.34. The van der Waals surface area contributed by atoms with Crippen LogP contribution in [0, 0.1) is 0 Å². The number of amides is 1. The predicted octanol–water partition coefficient (Wildman–Crippen LogP) is 0.387. The van der Waals surface area contributed by atoms with E-state index in [0.29, 0.717) is 5.56 Å². The second-order valence-corrected chi connectivity index (χ2v) is 5.95. The molecule has 0 bridgehead atoms. The van der Waals surface area contributed by atoms with Crippen molar-refractivity contribution in [2.24, 2.45) is 0 Å². The number of nitrogens with zero attached hydrogens (tertiary/aromatic N) is 2. The van der Waals surface area contributed by atoms with Gasteiger partial charge in [0.15, 0.2) is 0 Å². The summed E-state index contributed by atoms with van der Waals surface area (Å²) in [4.78, 5) is 17.9. The Bertz CT molecular complexity index is 597. The van der Waals surface area contributed by atoms with Crippen LogP contribution in [-0.2, 0) is 26.1 Å². The van der Waals surface area contributed by atoms with Gasteiger partial charge in [-0.2, -0.15) is 0 Å². The zero-order chi connectivity index (χ0) is 13.5.